The SMILES string of the molecule is CCN1CCC(N(C)C(CC)(CC)CN)CC1. The van der Waals surface area contributed by atoms with Gasteiger partial charge in [0.1, 0.15) is 0 Å². The van der Waals surface area contributed by atoms with Gasteiger partial charge < -0.3 is 10.6 Å². The summed E-state index contributed by atoms with van der Waals surface area (Å²) < 4.78 is 0. The van der Waals surface area contributed by atoms with Crippen LogP contribution >= 0.6 is 0 Å². The van der Waals surface area contributed by atoms with Crippen molar-refractivity contribution in [3.63, 3.8) is 0 Å². The summed E-state index contributed by atoms with van der Waals surface area (Å²) in [6.07, 6.45) is 4.91. The molecular weight excluding hydrogens is 210 g/mol. The van der Waals surface area contributed by atoms with Gasteiger partial charge in [0.05, 0.1) is 0 Å². The van der Waals surface area contributed by atoms with E-state index in [-0.39, 0.29) is 5.54 Å². The molecule has 0 aliphatic carbocycles. The first-order valence-electron chi connectivity index (χ1n) is 7.28. The van der Waals surface area contributed by atoms with E-state index in [4.69, 9.17) is 5.73 Å². The molecule has 1 heterocycles. The van der Waals surface area contributed by atoms with Crippen LogP contribution in [0.2, 0.25) is 0 Å². The highest BCUT2D eigenvalue weighted by Crippen LogP contribution is 2.27. The van der Waals surface area contributed by atoms with Crippen molar-refractivity contribution >= 4 is 0 Å². The smallest absolute Gasteiger partial charge is 0.0326 e. The number of rotatable bonds is 6. The number of likely N-dealkylation sites (tertiary alicyclic amines) is 1. The quantitative estimate of drug-likeness (QED) is 0.771. The number of nitrogens with two attached hydrogens (primary N) is 1. The van der Waals surface area contributed by atoms with E-state index in [1.165, 1.54) is 32.5 Å². The Morgan fingerprint density at radius 3 is 2.06 bits per heavy atom. The lowest BCUT2D eigenvalue weighted by Gasteiger charge is -2.47. The van der Waals surface area contributed by atoms with Crippen molar-refractivity contribution in [2.24, 2.45) is 5.73 Å². The van der Waals surface area contributed by atoms with Crippen molar-refractivity contribution in [3.8, 4) is 0 Å². The number of hydrogen-bond acceptors (Lipinski definition) is 3. The minimum atomic E-state index is 0.221. The molecule has 1 saturated heterocycles. The standard InChI is InChI=1S/C14H31N3/c1-5-14(6-2,12-15)16(4)13-8-10-17(7-3)11-9-13/h13H,5-12,15H2,1-4H3. The molecule has 0 aromatic rings. The molecule has 1 aliphatic heterocycles. The maximum absolute atomic E-state index is 6.04. The van der Waals surface area contributed by atoms with Gasteiger partial charge >= 0.3 is 0 Å². The molecule has 3 heteroatoms. The lowest BCUT2D eigenvalue weighted by atomic mass is 9.87. The molecule has 1 fully saturated rings. The topological polar surface area (TPSA) is 32.5 Å². The fraction of sp³-hybridized carbons (Fsp3) is 1.00. The van der Waals surface area contributed by atoms with E-state index in [0.29, 0.717) is 0 Å². The summed E-state index contributed by atoms with van der Waals surface area (Å²) >= 11 is 0. The normalized spacial score (nSPS) is 20.1. The molecule has 1 aliphatic rings. The third kappa shape index (κ3) is 3.21. The Kier molecular flexibility index (Phi) is 5.90. The Labute approximate surface area is 107 Å². The largest absolute Gasteiger partial charge is 0.329 e. The van der Waals surface area contributed by atoms with Gasteiger partial charge in [-0.05, 0) is 52.4 Å². The third-order valence-corrected chi connectivity index (χ3v) is 5.00. The van der Waals surface area contributed by atoms with Crippen LogP contribution in [0, 0.1) is 0 Å². The van der Waals surface area contributed by atoms with Crippen molar-refractivity contribution in [2.75, 3.05) is 33.2 Å². The molecule has 0 aromatic heterocycles. The Morgan fingerprint density at radius 1 is 1.18 bits per heavy atom. The molecule has 0 amide bonds. The highest BCUT2D eigenvalue weighted by atomic mass is 15.2. The maximum Gasteiger partial charge on any atom is 0.0326 e. The first-order valence-corrected chi connectivity index (χ1v) is 7.28. The fourth-order valence-corrected chi connectivity index (χ4v) is 3.19. The first kappa shape index (κ1) is 14.9. The van der Waals surface area contributed by atoms with E-state index in [9.17, 15) is 0 Å². The second kappa shape index (κ2) is 6.72. The Hall–Kier alpha value is -0.120. The van der Waals surface area contributed by atoms with E-state index >= 15 is 0 Å². The van der Waals surface area contributed by atoms with Crippen LogP contribution in [-0.2, 0) is 0 Å². The molecule has 0 unspecified atom stereocenters. The number of nitrogens with zero attached hydrogens (tertiary/aromatic N) is 2. The van der Waals surface area contributed by atoms with Crippen LogP contribution in [0.4, 0.5) is 0 Å². The van der Waals surface area contributed by atoms with Crippen molar-refractivity contribution in [1.82, 2.24) is 9.80 Å². The van der Waals surface area contributed by atoms with Gasteiger partial charge in [0.15, 0.2) is 0 Å². The van der Waals surface area contributed by atoms with E-state index < -0.39 is 0 Å². The summed E-state index contributed by atoms with van der Waals surface area (Å²) in [6, 6.07) is 0.723. The number of hydrogen-bond donors (Lipinski definition) is 1. The van der Waals surface area contributed by atoms with Crippen molar-refractivity contribution in [2.45, 2.75) is 58.0 Å². The molecule has 0 radical (unpaired) electrons. The molecule has 1 rings (SSSR count). The van der Waals surface area contributed by atoms with Gasteiger partial charge in [0.25, 0.3) is 0 Å². The lowest BCUT2D eigenvalue weighted by Crippen LogP contribution is -2.57. The molecule has 2 N–H and O–H groups in total. The number of piperidine rings is 1. The van der Waals surface area contributed by atoms with Gasteiger partial charge in [0.2, 0.25) is 0 Å². The van der Waals surface area contributed by atoms with Gasteiger partial charge in [0, 0.05) is 18.1 Å². The van der Waals surface area contributed by atoms with Gasteiger partial charge in [-0.1, -0.05) is 20.8 Å². The van der Waals surface area contributed by atoms with Crippen LogP contribution in [0.3, 0.4) is 0 Å². The summed E-state index contributed by atoms with van der Waals surface area (Å²) in [5.41, 5.74) is 6.26. The molecule has 102 valence electrons. The minimum Gasteiger partial charge on any atom is -0.329 e. The molecule has 0 spiro atoms. The molecule has 0 bridgehead atoms. The van der Waals surface area contributed by atoms with Gasteiger partial charge in [-0.25, -0.2) is 0 Å². The number of likely N-dealkylation sites (N-methyl/N-ethyl adjacent to an activating group) is 1. The molecular formula is C14H31N3. The van der Waals surface area contributed by atoms with Gasteiger partial charge in [-0.2, -0.15) is 0 Å². The average Bonchev–Trinajstić information content (AvgIpc) is 2.41. The molecule has 0 atom stereocenters. The minimum absolute atomic E-state index is 0.221. The maximum atomic E-state index is 6.04. The summed E-state index contributed by atoms with van der Waals surface area (Å²) in [7, 11) is 2.28. The van der Waals surface area contributed by atoms with Gasteiger partial charge in [-0.3, -0.25) is 4.90 Å². The van der Waals surface area contributed by atoms with Crippen LogP contribution in [0.15, 0.2) is 0 Å². The zero-order valence-corrected chi connectivity index (χ0v) is 12.2. The predicted molar refractivity (Wildman–Crippen MR) is 75.3 cm³/mol. The second-order valence-electron chi connectivity index (χ2n) is 5.41. The van der Waals surface area contributed by atoms with E-state index in [2.05, 4.69) is 37.6 Å². The Bertz CT molecular complexity index is 197. The lowest BCUT2D eigenvalue weighted by molar-refractivity contribution is 0.0341. The van der Waals surface area contributed by atoms with Crippen LogP contribution in [0.5, 0.6) is 0 Å². The Morgan fingerprint density at radius 2 is 1.71 bits per heavy atom. The van der Waals surface area contributed by atoms with Crippen molar-refractivity contribution in [3.05, 3.63) is 0 Å². The summed E-state index contributed by atoms with van der Waals surface area (Å²) in [5.74, 6) is 0. The van der Waals surface area contributed by atoms with Crippen LogP contribution in [0.25, 0.3) is 0 Å². The van der Waals surface area contributed by atoms with E-state index in [1.807, 2.05) is 0 Å². The summed E-state index contributed by atoms with van der Waals surface area (Å²) in [6.45, 7) is 11.3. The monoisotopic (exact) mass is 241 g/mol. The van der Waals surface area contributed by atoms with Crippen LogP contribution < -0.4 is 5.73 Å². The summed E-state index contributed by atoms with van der Waals surface area (Å²) in [4.78, 5) is 5.13. The highest BCUT2D eigenvalue weighted by Gasteiger charge is 2.35. The second-order valence-corrected chi connectivity index (χ2v) is 5.41. The van der Waals surface area contributed by atoms with Gasteiger partial charge in [-0.15, -0.1) is 0 Å². The zero-order chi connectivity index (χ0) is 12.9. The first-order chi connectivity index (χ1) is 8.13. The summed E-state index contributed by atoms with van der Waals surface area (Å²) in [5, 5.41) is 0. The van der Waals surface area contributed by atoms with Crippen LogP contribution in [-0.4, -0.2) is 54.6 Å². The highest BCUT2D eigenvalue weighted by molar-refractivity contribution is 4.92. The third-order valence-electron chi connectivity index (χ3n) is 5.00. The molecule has 0 aromatic carbocycles. The van der Waals surface area contributed by atoms with Crippen LogP contribution in [0.1, 0.15) is 46.5 Å². The molecule has 0 saturated carbocycles. The van der Waals surface area contributed by atoms with Crippen molar-refractivity contribution < 1.29 is 0 Å². The predicted octanol–water partition coefficient (Wildman–Crippen LogP) is 1.92. The molecule has 17 heavy (non-hydrogen) atoms. The van der Waals surface area contributed by atoms with Crippen molar-refractivity contribution in [1.29, 1.82) is 0 Å². The molecule has 3 nitrogen and oxygen atoms in total. The Balaban J connectivity index is 2.60. The van der Waals surface area contributed by atoms with E-state index in [0.717, 1.165) is 25.4 Å². The van der Waals surface area contributed by atoms with E-state index in [1.54, 1.807) is 0 Å². The zero-order valence-electron chi connectivity index (χ0n) is 12.2. The average molecular weight is 241 g/mol. The fourth-order valence-electron chi connectivity index (χ4n) is 3.19.